The highest BCUT2D eigenvalue weighted by molar-refractivity contribution is 5.92. The molecular formula is C17H23N5O2. The molecule has 0 unspecified atom stereocenters. The summed E-state index contributed by atoms with van der Waals surface area (Å²) in [6.07, 6.45) is 1.76. The van der Waals surface area contributed by atoms with Crippen LogP contribution in [-0.4, -0.2) is 39.3 Å². The van der Waals surface area contributed by atoms with Crippen LogP contribution in [0.3, 0.4) is 0 Å². The molecule has 128 valence electrons. The van der Waals surface area contributed by atoms with Crippen molar-refractivity contribution in [3.05, 3.63) is 42.1 Å². The molecule has 0 atom stereocenters. The van der Waals surface area contributed by atoms with E-state index in [0.717, 1.165) is 17.1 Å². The Morgan fingerprint density at radius 3 is 2.62 bits per heavy atom. The zero-order valence-corrected chi connectivity index (χ0v) is 14.4. The Hall–Kier alpha value is -2.96. The van der Waals surface area contributed by atoms with E-state index in [4.69, 9.17) is 15.2 Å². The molecule has 0 aliphatic carbocycles. The molecule has 0 spiro atoms. The Balaban J connectivity index is 2.10. The highest BCUT2D eigenvalue weighted by atomic mass is 16.5. The highest BCUT2D eigenvalue weighted by Gasteiger charge is 2.07. The van der Waals surface area contributed by atoms with Gasteiger partial charge in [-0.2, -0.15) is 0 Å². The predicted molar refractivity (Wildman–Crippen MR) is 97.1 cm³/mol. The molecule has 2 rings (SSSR count). The second kappa shape index (κ2) is 8.05. The lowest BCUT2D eigenvalue weighted by molar-refractivity contribution is 0.355. The fourth-order valence-electron chi connectivity index (χ4n) is 2.23. The van der Waals surface area contributed by atoms with Gasteiger partial charge in [-0.25, -0.2) is 9.98 Å². The van der Waals surface area contributed by atoms with Gasteiger partial charge in [0.2, 0.25) is 0 Å². The fraction of sp³-hybridized carbons (Fsp3) is 0.294. The smallest absolute Gasteiger partial charge is 0.193 e. The first-order chi connectivity index (χ1) is 11.5. The third-order valence-electron chi connectivity index (χ3n) is 3.37. The molecule has 0 aliphatic heterocycles. The van der Waals surface area contributed by atoms with Gasteiger partial charge in [0.25, 0.3) is 0 Å². The summed E-state index contributed by atoms with van der Waals surface area (Å²) in [5.41, 5.74) is 7.75. The van der Waals surface area contributed by atoms with Gasteiger partial charge in [0, 0.05) is 37.6 Å². The predicted octanol–water partition coefficient (Wildman–Crippen LogP) is 2.09. The zero-order chi connectivity index (χ0) is 17.5. The quantitative estimate of drug-likeness (QED) is 0.623. The lowest BCUT2D eigenvalue weighted by atomic mass is 10.2. The summed E-state index contributed by atoms with van der Waals surface area (Å²) < 4.78 is 10.5. The van der Waals surface area contributed by atoms with Gasteiger partial charge in [-0.1, -0.05) is 6.07 Å². The molecule has 24 heavy (non-hydrogen) atoms. The van der Waals surface area contributed by atoms with Crippen LogP contribution in [0, 0.1) is 0 Å². The molecule has 0 radical (unpaired) electrons. The van der Waals surface area contributed by atoms with Crippen LogP contribution in [0.2, 0.25) is 0 Å². The molecule has 7 nitrogen and oxygen atoms in total. The van der Waals surface area contributed by atoms with Crippen molar-refractivity contribution in [1.82, 2.24) is 4.98 Å². The number of methoxy groups -OCH3 is 2. The van der Waals surface area contributed by atoms with E-state index >= 15 is 0 Å². The number of ether oxygens (including phenoxy) is 2. The summed E-state index contributed by atoms with van der Waals surface area (Å²) in [7, 11) is 7.07. The molecule has 1 heterocycles. The molecule has 0 saturated heterocycles. The number of anilines is 2. The van der Waals surface area contributed by atoms with Gasteiger partial charge in [-0.15, -0.1) is 0 Å². The normalized spacial score (nSPS) is 11.1. The summed E-state index contributed by atoms with van der Waals surface area (Å²) in [5, 5.41) is 3.05. The molecule has 0 aliphatic rings. The SMILES string of the molecule is COc1ccc(NC(N)=NCc2cccnc2N(C)C)cc1OC. The van der Waals surface area contributed by atoms with Crippen molar-refractivity contribution in [2.24, 2.45) is 10.7 Å². The topological polar surface area (TPSA) is 85.0 Å². The largest absolute Gasteiger partial charge is 0.493 e. The maximum absolute atomic E-state index is 5.97. The summed E-state index contributed by atoms with van der Waals surface area (Å²) in [5.74, 6) is 2.47. The highest BCUT2D eigenvalue weighted by Crippen LogP contribution is 2.29. The Labute approximate surface area is 142 Å². The van der Waals surface area contributed by atoms with Crippen molar-refractivity contribution in [1.29, 1.82) is 0 Å². The number of nitrogens with one attached hydrogen (secondary N) is 1. The van der Waals surface area contributed by atoms with Crippen molar-refractivity contribution >= 4 is 17.5 Å². The number of rotatable bonds is 6. The minimum atomic E-state index is 0.316. The summed E-state index contributed by atoms with van der Waals surface area (Å²) in [4.78, 5) is 10.7. The van der Waals surface area contributed by atoms with E-state index in [-0.39, 0.29) is 0 Å². The van der Waals surface area contributed by atoms with E-state index in [1.54, 1.807) is 32.5 Å². The first-order valence-corrected chi connectivity index (χ1v) is 7.45. The van der Waals surface area contributed by atoms with Crippen molar-refractivity contribution in [2.45, 2.75) is 6.54 Å². The third kappa shape index (κ3) is 4.28. The molecule has 1 aromatic carbocycles. The maximum Gasteiger partial charge on any atom is 0.193 e. The van der Waals surface area contributed by atoms with Gasteiger partial charge in [-0.3, -0.25) is 0 Å². The number of benzene rings is 1. The summed E-state index contributed by atoms with van der Waals surface area (Å²) >= 11 is 0. The van der Waals surface area contributed by atoms with Gasteiger partial charge >= 0.3 is 0 Å². The summed E-state index contributed by atoms with van der Waals surface area (Å²) in [6.45, 7) is 0.438. The Morgan fingerprint density at radius 2 is 1.96 bits per heavy atom. The third-order valence-corrected chi connectivity index (χ3v) is 3.37. The Morgan fingerprint density at radius 1 is 1.21 bits per heavy atom. The molecule has 0 amide bonds. The summed E-state index contributed by atoms with van der Waals surface area (Å²) in [6, 6.07) is 9.32. The molecule has 1 aromatic heterocycles. The van der Waals surface area contributed by atoms with Crippen molar-refractivity contribution in [3.63, 3.8) is 0 Å². The lowest BCUT2D eigenvalue weighted by Crippen LogP contribution is -2.23. The van der Waals surface area contributed by atoms with E-state index in [0.29, 0.717) is 24.0 Å². The number of guanidine groups is 1. The van der Waals surface area contributed by atoms with E-state index in [9.17, 15) is 0 Å². The van der Waals surface area contributed by atoms with Gasteiger partial charge in [0.05, 0.1) is 20.8 Å². The first kappa shape index (κ1) is 17.4. The van der Waals surface area contributed by atoms with Gasteiger partial charge in [0.15, 0.2) is 17.5 Å². The van der Waals surface area contributed by atoms with E-state index in [1.807, 2.05) is 37.2 Å². The number of aliphatic imine (C=N–C) groups is 1. The van der Waals surface area contributed by atoms with Crippen LogP contribution in [0.15, 0.2) is 41.5 Å². The van der Waals surface area contributed by atoms with E-state index < -0.39 is 0 Å². The molecule has 0 fully saturated rings. The fourth-order valence-corrected chi connectivity index (χ4v) is 2.23. The molecule has 0 saturated carbocycles. The number of hydrogen-bond donors (Lipinski definition) is 2. The molecular weight excluding hydrogens is 306 g/mol. The lowest BCUT2D eigenvalue weighted by Gasteiger charge is -2.15. The van der Waals surface area contributed by atoms with Gasteiger partial charge in [0.1, 0.15) is 5.82 Å². The molecule has 0 bridgehead atoms. The van der Waals surface area contributed by atoms with Crippen LogP contribution in [-0.2, 0) is 6.54 Å². The average Bonchev–Trinajstić information content (AvgIpc) is 2.60. The van der Waals surface area contributed by atoms with Gasteiger partial charge in [-0.05, 0) is 18.2 Å². The molecule has 7 heteroatoms. The Kier molecular flexibility index (Phi) is 5.83. The van der Waals surface area contributed by atoms with E-state index in [2.05, 4.69) is 15.3 Å². The van der Waals surface area contributed by atoms with E-state index in [1.165, 1.54) is 0 Å². The van der Waals surface area contributed by atoms with Crippen LogP contribution in [0.1, 0.15) is 5.56 Å². The number of pyridine rings is 1. The molecule has 3 N–H and O–H groups in total. The standard InChI is InChI=1S/C17H23N5O2/c1-22(2)16-12(6-5-9-19-16)11-20-17(18)21-13-7-8-14(23-3)15(10-13)24-4/h5-10H,11H2,1-4H3,(H3,18,20,21). The van der Waals surface area contributed by atoms with Crippen LogP contribution < -0.4 is 25.4 Å². The van der Waals surface area contributed by atoms with Crippen LogP contribution in [0.25, 0.3) is 0 Å². The monoisotopic (exact) mass is 329 g/mol. The van der Waals surface area contributed by atoms with Crippen molar-refractivity contribution in [3.8, 4) is 11.5 Å². The zero-order valence-electron chi connectivity index (χ0n) is 14.4. The number of hydrogen-bond acceptors (Lipinski definition) is 5. The number of nitrogens with two attached hydrogens (primary N) is 1. The second-order valence-electron chi connectivity index (χ2n) is 5.28. The minimum absolute atomic E-state index is 0.316. The maximum atomic E-state index is 5.97. The van der Waals surface area contributed by atoms with Gasteiger partial charge < -0.3 is 25.4 Å². The van der Waals surface area contributed by atoms with Crippen LogP contribution in [0.5, 0.6) is 11.5 Å². The number of nitrogens with zero attached hydrogens (tertiary/aromatic N) is 3. The molecule has 2 aromatic rings. The first-order valence-electron chi connectivity index (χ1n) is 7.45. The number of aromatic nitrogens is 1. The average molecular weight is 329 g/mol. The van der Waals surface area contributed by atoms with Crippen molar-refractivity contribution < 1.29 is 9.47 Å². The Bertz CT molecular complexity index is 716. The second-order valence-corrected chi connectivity index (χ2v) is 5.28. The van der Waals surface area contributed by atoms with Crippen LogP contribution in [0.4, 0.5) is 11.5 Å². The minimum Gasteiger partial charge on any atom is -0.493 e. The van der Waals surface area contributed by atoms with Crippen LogP contribution >= 0.6 is 0 Å². The van der Waals surface area contributed by atoms with Crippen molar-refractivity contribution in [2.75, 3.05) is 38.5 Å².